The Bertz CT molecular complexity index is 1350. The Morgan fingerprint density at radius 3 is 2.59 bits per heavy atom. The van der Waals surface area contributed by atoms with Gasteiger partial charge in [0.05, 0.1) is 6.54 Å². The maximum atomic E-state index is 13.5. The summed E-state index contributed by atoms with van der Waals surface area (Å²) >= 11 is 0. The minimum Gasteiger partial charge on any atom is -0.351 e. The SMILES string of the molecule is Cn1c(NCc2ccc(F)cc2)nc2nc(N3CCCC(N)C3)n(Cc3ccccc3)c2c1=O. The zero-order chi connectivity index (χ0) is 23.7. The molecule has 3 N–H and O–H groups in total. The van der Waals surface area contributed by atoms with Crippen molar-refractivity contribution < 1.29 is 4.39 Å². The second kappa shape index (κ2) is 9.26. The number of fused-ring (bicyclic) bond motifs is 1. The number of benzene rings is 2. The van der Waals surface area contributed by atoms with Crippen LogP contribution in [0.5, 0.6) is 0 Å². The highest BCUT2D eigenvalue weighted by Crippen LogP contribution is 2.25. The van der Waals surface area contributed by atoms with Crippen LogP contribution in [0, 0.1) is 5.82 Å². The summed E-state index contributed by atoms with van der Waals surface area (Å²) in [4.78, 5) is 25.2. The summed E-state index contributed by atoms with van der Waals surface area (Å²) in [6, 6.07) is 16.3. The predicted molar refractivity (Wildman–Crippen MR) is 131 cm³/mol. The Labute approximate surface area is 196 Å². The number of hydrogen-bond acceptors (Lipinski definition) is 6. The number of nitrogens with two attached hydrogens (primary N) is 1. The van der Waals surface area contributed by atoms with Gasteiger partial charge >= 0.3 is 0 Å². The molecule has 8 nitrogen and oxygen atoms in total. The zero-order valence-electron chi connectivity index (χ0n) is 19.1. The van der Waals surface area contributed by atoms with E-state index in [1.807, 2.05) is 34.9 Å². The van der Waals surface area contributed by atoms with Crippen molar-refractivity contribution in [2.75, 3.05) is 23.3 Å². The molecule has 0 amide bonds. The fraction of sp³-hybridized carbons (Fsp3) is 0.320. The number of rotatable bonds is 6. The summed E-state index contributed by atoms with van der Waals surface area (Å²) in [5.41, 5.74) is 8.89. The van der Waals surface area contributed by atoms with Crippen molar-refractivity contribution in [1.29, 1.82) is 0 Å². The smallest absolute Gasteiger partial charge is 0.281 e. The average Bonchev–Trinajstić information content (AvgIpc) is 3.20. The lowest BCUT2D eigenvalue weighted by molar-refractivity contribution is 0.495. The van der Waals surface area contributed by atoms with Crippen LogP contribution in [0.2, 0.25) is 0 Å². The van der Waals surface area contributed by atoms with Crippen LogP contribution in [0.15, 0.2) is 59.4 Å². The van der Waals surface area contributed by atoms with E-state index in [0.29, 0.717) is 42.7 Å². The van der Waals surface area contributed by atoms with E-state index >= 15 is 0 Å². The third-order valence-corrected chi connectivity index (χ3v) is 6.25. The van der Waals surface area contributed by atoms with Gasteiger partial charge in [-0.15, -0.1) is 0 Å². The number of piperidine rings is 1. The predicted octanol–water partition coefficient (Wildman–Crippen LogP) is 2.86. The van der Waals surface area contributed by atoms with Crippen molar-refractivity contribution in [2.24, 2.45) is 12.8 Å². The highest BCUT2D eigenvalue weighted by Gasteiger charge is 2.25. The molecule has 34 heavy (non-hydrogen) atoms. The lowest BCUT2D eigenvalue weighted by Crippen LogP contribution is -2.44. The number of nitrogens with zero attached hydrogens (tertiary/aromatic N) is 5. The third-order valence-electron chi connectivity index (χ3n) is 6.25. The Kier molecular flexibility index (Phi) is 6.02. The first-order valence-corrected chi connectivity index (χ1v) is 11.5. The summed E-state index contributed by atoms with van der Waals surface area (Å²) in [7, 11) is 1.69. The van der Waals surface area contributed by atoms with Gasteiger partial charge in [0.2, 0.25) is 11.9 Å². The minimum absolute atomic E-state index is 0.0717. The summed E-state index contributed by atoms with van der Waals surface area (Å²) in [5, 5.41) is 3.19. The van der Waals surface area contributed by atoms with Gasteiger partial charge in [-0.05, 0) is 36.1 Å². The third kappa shape index (κ3) is 4.38. The van der Waals surface area contributed by atoms with Gasteiger partial charge in [-0.25, -0.2) is 4.39 Å². The number of aromatic nitrogens is 4. The van der Waals surface area contributed by atoms with Crippen LogP contribution >= 0.6 is 0 Å². The van der Waals surface area contributed by atoms with Gasteiger partial charge in [-0.2, -0.15) is 9.97 Å². The molecule has 4 aromatic rings. The quantitative estimate of drug-likeness (QED) is 0.459. The molecule has 3 heterocycles. The maximum absolute atomic E-state index is 13.5. The molecular weight excluding hydrogens is 433 g/mol. The molecule has 2 aromatic carbocycles. The van der Waals surface area contributed by atoms with Gasteiger partial charge in [-0.1, -0.05) is 42.5 Å². The first-order chi connectivity index (χ1) is 16.5. The van der Waals surface area contributed by atoms with E-state index in [1.165, 1.54) is 16.7 Å². The molecule has 5 rings (SSSR count). The molecule has 1 atom stereocenters. The largest absolute Gasteiger partial charge is 0.351 e. The van der Waals surface area contributed by atoms with Crippen LogP contribution in [0.4, 0.5) is 16.3 Å². The molecule has 0 spiro atoms. The maximum Gasteiger partial charge on any atom is 0.281 e. The van der Waals surface area contributed by atoms with Crippen molar-refractivity contribution in [3.8, 4) is 0 Å². The van der Waals surface area contributed by atoms with Gasteiger partial charge < -0.3 is 16.0 Å². The molecule has 1 saturated heterocycles. The highest BCUT2D eigenvalue weighted by atomic mass is 19.1. The van der Waals surface area contributed by atoms with Crippen molar-refractivity contribution in [1.82, 2.24) is 19.1 Å². The number of imidazole rings is 1. The number of halogens is 1. The Hall–Kier alpha value is -3.72. The highest BCUT2D eigenvalue weighted by molar-refractivity contribution is 5.75. The standard InChI is InChI=1S/C25H28FN7O/c1-31-23(34)21-22(29-24(31)28-14-17-9-11-19(26)12-10-17)30-25(32-13-5-8-20(27)16-32)33(21)15-18-6-3-2-4-7-18/h2-4,6-7,9-12,20H,5,8,13-16,27H2,1H3,(H,28,29). The van der Waals surface area contributed by atoms with Crippen molar-refractivity contribution in [2.45, 2.75) is 32.0 Å². The summed E-state index contributed by atoms with van der Waals surface area (Å²) in [6.45, 7) is 2.44. The summed E-state index contributed by atoms with van der Waals surface area (Å²) in [6.07, 6.45) is 1.96. The molecule has 0 bridgehead atoms. The van der Waals surface area contributed by atoms with Gasteiger partial charge in [0.1, 0.15) is 5.82 Å². The first kappa shape index (κ1) is 22.1. The molecule has 0 aliphatic carbocycles. The monoisotopic (exact) mass is 461 g/mol. The minimum atomic E-state index is -0.287. The van der Waals surface area contributed by atoms with Gasteiger partial charge in [-0.3, -0.25) is 13.9 Å². The van der Waals surface area contributed by atoms with Crippen LogP contribution in [-0.2, 0) is 20.1 Å². The average molecular weight is 462 g/mol. The van der Waals surface area contributed by atoms with E-state index in [4.69, 9.17) is 15.7 Å². The van der Waals surface area contributed by atoms with E-state index in [0.717, 1.165) is 30.5 Å². The van der Waals surface area contributed by atoms with Gasteiger partial charge in [0.15, 0.2) is 11.2 Å². The van der Waals surface area contributed by atoms with Crippen LogP contribution in [0.25, 0.3) is 11.2 Å². The fourth-order valence-corrected chi connectivity index (χ4v) is 4.44. The normalized spacial score (nSPS) is 16.2. The lowest BCUT2D eigenvalue weighted by atomic mass is 10.1. The molecule has 0 saturated carbocycles. The lowest BCUT2D eigenvalue weighted by Gasteiger charge is -2.31. The molecule has 1 unspecified atom stereocenters. The number of nitrogens with one attached hydrogen (secondary N) is 1. The van der Waals surface area contributed by atoms with Crippen molar-refractivity contribution >= 4 is 23.1 Å². The second-order valence-electron chi connectivity index (χ2n) is 8.78. The molecule has 176 valence electrons. The molecular formula is C25H28FN7O. The summed E-state index contributed by atoms with van der Waals surface area (Å²) < 4.78 is 16.7. The zero-order valence-corrected chi connectivity index (χ0v) is 19.1. The molecule has 1 aliphatic heterocycles. The molecule has 0 radical (unpaired) electrons. The topological polar surface area (TPSA) is 94.0 Å². The van der Waals surface area contributed by atoms with E-state index in [-0.39, 0.29) is 17.4 Å². The molecule has 2 aromatic heterocycles. The van der Waals surface area contributed by atoms with Crippen molar-refractivity contribution in [3.05, 3.63) is 81.9 Å². The van der Waals surface area contributed by atoms with E-state index in [2.05, 4.69) is 10.2 Å². The Morgan fingerprint density at radius 1 is 1.09 bits per heavy atom. The number of hydrogen-bond donors (Lipinski definition) is 2. The molecule has 1 aliphatic rings. The van der Waals surface area contributed by atoms with E-state index in [1.54, 1.807) is 19.2 Å². The molecule has 9 heteroatoms. The van der Waals surface area contributed by atoms with E-state index in [9.17, 15) is 9.18 Å². The van der Waals surface area contributed by atoms with Crippen LogP contribution in [0.1, 0.15) is 24.0 Å². The Balaban J connectivity index is 1.56. The van der Waals surface area contributed by atoms with Gasteiger partial charge in [0, 0.05) is 32.7 Å². The fourth-order valence-electron chi connectivity index (χ4n) is 4.44. The second-order valence-corrected chi connectivity index (χ2v) is 8.78. The Morgan fingerprint density at radius 2 is 1.85 bits per heavy atom. The van der Waals surface area contributed by atoms with E-state index < -0.39 is 0 Å². The molecule has 1 fully saturated rings. The first-order valence-electron chi connectivity index (χ1n) is 11.5. The number of anilines is 2. The van der Waals surface area contributed by atoms with Gasteiger partial charge in [0.25, 0.3) is 5.56 Å². The van der Waals surface area contributed by atoms with Crippen LogP contribution < -0.4 is 21.5 Å². The van der Waals surface area contributed by atoms with Crippen LogP contribution in [0.3, 0.4) is 0 Å². The van der Waals surface area contributed by atoms with Crippen molar-refractivity contribution in [3.63, 3.8) is 0 Å². The van der Waals surface area contributed by atoms with Crippen LogP contribution in [-0.4, -0.2) is 38.2 Å². The summed E-state index contributed by atoms with van der Waals surface area (Å²) in [5.74, 6) is 0.840.